The van der Waals surface area contributed by atoms with Crippen LogP contribution in [0.15, 0.2) is 0 Å². The summed E-state index contributed by atoms with van der Waals surface area (Å²) < 4.78 is 9.82. The second-order valence-corrected chi connectivity index (χ2v) is 3.07. The van der Waals surface area contributed by atoms with E-state index >= 15 is 0 Å². The van der Waals surface area contributed by atoms with Gasteiger partial charge in [0.15, 0.2) is 0 Å². The number of nitrogens with zero attached hydrogens (tertiary/aromatic N) is 1. The van der Waals surface area contributed by atoms with Crippen molar-refractivity contribution in [2.24, 2.45) is 0 Å². The molecule has 2 atom stereocenters. The predicted molar refractivity (Wildman–Crippen MR) is 43.8 cm³/mol. The zero-order chi connectivity index (χ0) is 9.14. The van der Waals surface area contributed by atoms with Gasteiger partial charge in [-0.1, -0.05) is 0 Å². The molecule has 0 unspecified atom stereocenters. The van der Waals surface area contributed by atoms with Crippen LogP contribution in [-0.4, -0.2) is 50.8 Å². The van der Waals surface area contributed by atoms with Crippen LogP contribution in [0.25, 0.3) is 0 Å². The van der Waals surface area contributed by atoms with E-state index in [0.717, 1.165) is 13.0 Å². The van der Waals surface area contributed by atoms with Crippen LogP contribution in [0.1, 0.15) is 6.42 Å². The van der Waals surface area contributed by atoms with E-state index in [9.17, 15) is 4.79 Å². The number of hydrogen-bond acceptors (Lipinski definition) is 4. The van der Waals surface area contributed by atoms with Crippen molar-refractivity contribution in [1.29, 1.82) is 0 Å². The van der Waals surface area contributed by atoms with Crippen molar-refractivity contribution >= 4 is 5.97 Å². The first-order valence-electron chi connectivity index (χ1n) is 4.00. The molecule has 0 aromatic rings. The van der Waals surface area contributed by atoms with Crippen LogP contribution >= 0.6 is 0 Å². The smallest absolute Gasteiger partial charge is 0.323 e. The molecule has 4 heteroatoms. The minimum absolute atomic E-state index is 0.125. The molecule has 1 fully saturated rings. The molecule has 1 rings (SSSR count). The molecule has 0 radical (unpaired) electrons. The molecular weight excluding hydrogens is 158 g/mol. The van der Waals surface area contributed by atoms with Crippen molar-refractivity contribution in [3.63, 3.8) is 0 Å². The Labute approximate surface area is 72.4 Å². The molecule has 0 bridgehead atoms. The van der Waals surface area contributed by atoms with Gasteiger partial charge in [0.2, 0.25) is 0 Å². The third kappa shape index (κ3) is 1.76. The highest BCUT2D eigenvalue weighted by Gasteiger charge is 2.34. The van der Waals surface area contributed by atoms with Crippen LogP contribution < -0.4 is 0 Å². The number of hydrogen-bond donors (Lipinski definition) is 0. The van der Waals surface area contributed by atoms with E-state index in [0.29, 0.717) is 0 Å². The van der Waals surface area contributed by atoms with Gasteiger partial charge in [0.1, 0.15) is 6.04 Å². The Morgan fingerprint density at radius 3 is 2.58 bits per heavy atom. The van der Waals surface area contributed by atoms with Crippen molar-refractivity contribution in [2.75, 3.05) is 27.8 Å². The van der Waals surface area contributed by atoms with E-state index in [1.165, 1.54) is 7.11 Å². The van der Waals surface area contributed by atoms with Gasteiger partial charge in [0.25, 0.3) is 0 Å². The Hall–Kier alpha value is -0.610. The topological polar surface area (TPSA) is 38.8 Å². The summed E-state index contributed by atoms with van der Waals surface area (Å²) in [7, 11) is 4.98. The monoisotopic (exact) mass is 173 g/mol. The van der Waals surface area contributed by atoms with Gasteiger partial charge in [-0.3, -0.25) is 9.69 Å². The summed E-state index contributed by atoms with van der Waals surface area (Å²) in [6, 6.07) is -0.125. The minimum Gasteiger partial charge on any atom is -0.468 e. The molecule has 0 aliphatic carbocycles. The molecule has 1 heterocycles. The zero-order valence-corrected chi connectivity index (χ0v) is 7.74. The molecule has 0 spiro atoms. The summed E-state index contributed by atoms with van der Waals surface area (Å²) >= 11 is 0. The quantitative estimate of drug-likeness (QED) is 0.546. The molecule has 0 amide bonds. The first-order valence-corrected chi connectivity index (χ1v) is 4.00. The third-order valence-electron chi connectivity index (χ3n) is 2.32. The summed E-state index contributed by atoms with van der Waals surface area (Å²) in [5, 5.41) is 0. The summed E-state index contributed by atoms with van der Waals surface area (Å²) in [6.07, 6.45) is 0.902. The molecule has 12 heavy (non-hydrogen) atoms. The van der Waals surface area contributed by atoms with E-state index in [1.807, 2.05) is 11.9 Å². The normalized spacial score (nSPS) is 30.6. The van der Waals surface area contributed by atoms with Gasteiger partial charge in [-0.2, -0.15) is 0 Å². The summed E-state index contributed by atoms with van der Waals surface area (Å²) in [5.41, 5.74) is 0. The number of rotatable bonds is 2. The second kappa shape index (κ2) is 3.87. The molecule has 70 valence electrons. The van der Waals surface area contributed by atoms with Gasteiger partial charge >= 0.3 is 5.97 Å². The summed E-state index contributed by atoms with van der Waals surface area (Å²) in [5.74, 6) is -0.169. The molecule has 4 nitrogen and oxygen atoms in total. The van der Waals surface area contributed by atoms with Gasteiger partial charge in [0, 0.05) is 20.1 Å². The average Bonchev–Trinajstić information content (AvgIpc) is 2.45. The van der Waals surface area contributed by atoms with Crippen LogP contribution in [0, 0.1) is 0 Å². The Morgan fingerprint density at radius 1 is 1.50 bits per heavy atom. The second-order valence-electron chi connectivity index (χ2n) is 3.07. The van der Waals surface area contributed by atoms with Gasteiger partial charge in [-0.25, -0.2) is 0 Å². The largest absolute Gasteiger partial charge is 0.468 e. The SMILES string of the molecule is COC(=O)[C@@H]1C[C@@H](OC)CN1C. The minimum atomic E-state index is -0.169. The third-order valence-corrected chi connectivity index (χ3v) is 2.32. The summed E-state index contributed by atoms with van der Waals surface area (Å²) in [6.45, 7) is 0.802. The van der Waals surface area contributed by atoms with Crippen molar-refractivity contribution in [1.82, 2.24) is 4.90 Å². The van der Waals surface area contributed by atoms with E-state index in [2.05, 4.69) is 4.74 Å². The number of ether oxygens (including phenoxy) is 2. The summed E-state index contributed by atoms with van der Waals surface area (Å²) in [4.78, 5) is 13.1. The molecule has 0 aromatic heterocycles. The first kappa shape index (κ1) is 9.48. The molecule has 1 aliphatic heterocycles. The maximum atomic E-state index is 11.2. The number of esters is 1. The van der Waals surface area contributed by atoms with Crippen molar-refractivity contribution in [3.05, 3.63) is 0 Å². The van der Waals surface area contributed by atoms with Crippen LogP contribution in [0.2, 0.25) is 0 Å². The maximum Gasteiger partial charge on any atom is 0.323 e. The van der Waals surface area contributed by atoms with Crippen molar-refractivity contribution in [2.45, 2.75) is 18.6 Å². The fourth-order valence-corrected chi connectivity index (χ4v) is 1.53. The highest BCUT2D eigenvalue weighted by atomic mass is 16.5. The molecule has 1 saturated heterocycles. The zero-order valence-electron chi connectivity index (χ0n) is 7.74. The lowest BCUT2D eigenvalue weighted by atomic mass is 10.2. The van der Waals surface area contributed by atoms with E-state index in [-0.39, 0.29) is 18.1 Å². The number of carbonyl (C=O) groups excluding carboxylic acids is 1. The molecular formula is C8H15NO3. The van der Waals surface area contributed by atoms with Crippen LogP contribution in [0.4, 0.5) is 0 Å². The molecule has 1 aliphatic rings. The van der Waals surface area contributed by atoms with Gasteiger partial charge in [0.05, 0.1) is 13.2 Å². The van der Waals surface area contributed by atoms with Crippen LogP contribution in [0.5, 0.6) is 0 Å². The maximum absolute atomic E-state index is 11.2. The lowest BCUT2D eigenvalue weighted by Crippen LogP contribution is -2.33. The standard InChI is InChI=1S/C8H15NO3/c1-9-5-6(11-2)4-7(9)8(10)12-3/h6-7H,4-5H2,1-3H3/t6-,7+/m1/s1. The lowest BCUT2D eigenvalue weighted by Gasteiger charge is -2.15. The molecule has 0 aromatic carbocycles. The number of carbonyl (C=O) groups is 1. The van der Waals surface area contributed by atoms with Gasteiger partial charge in [-0.05, 0) is 7.05 Å². The van der Waals surface area contributed by atoms with E-state index in [1.54, 1.807) is 7.11 Å². The first-order chi connectivity index (χ1) is 5.69. The molecule has 0 N–H and O–H groups in total. The van der Waals surface area contributed by atoms with Crippen molar-refractivity contribution < 1.29 is 14.3 Å². The Bertz CT molecular complexity index is 172. The van der Waals surface area contributed by atoms with Crippen LogP contribution in [-0.2, 0) is 14.3 Å². The van der Waals surface area contributed by atoms with Gasteiger partial charge in [-0.15, -0.1) is 0 Å². The van der Waals surface area contributed by atoms with E-state index in [4.69, 9.17) is 4.74 Å². The highest BCUT2D eigenvalue weighted by molar-refractivity contribution is 5.76. The number of methoxy groups -OCH3 is 2. The van der Waals surface area contributed by atoms with E-state index < -0.39 is 0 Å². The Kier molecular flexibility index (Phi) is 3.05. The van der Waals surface area contributed by atoms with Gasteiger partial charge < -0.3 is 9.47 Å². The fraction of sp³-hybridized carbons (Fsp3) is 0.875. The average molecular weight is 173 g/mol. The lowest BCUT2D eigenvalue weighted by molar-refractivity contribution is -0.145. The van der Waals surface area contributed by atoms with Crippen molar-refractivity contribution in [3.8, 4) is 0 Å². The number of likely N-dealkylation sites (tertiary alicyclic amines) is 1. The number of likely N-dealkylation sites (N-methyl/N-ethyl adjacent to an activating group) is 1. The Balaban J connectivity index is 2.51. The highest BCUT2D eigenvalue weighted by Crippen LogP contribution is 2.18. The Morgan fingerprint density at radius 2 is 2.17 bits per heavy atom. The predicted octanol–water partition coefficient (Wildman–Crippen LogP) is -0.122. The fourth-order valence-electron chi connectivity index (χ4n) is 1.53. The van der Waals surface area contributed by atoms with Crippen LogP contribution in [0.3, 0.4) is 0 Å². The molecule has 0 saturated carbocycles.